The zero-order valence-electron chi connectivity index (χ0n) is 15.9. The van der Waals surface area contributed by atoms with Crippen LogP contribution in [-0.2, 0) is 23.0 Å². The Hall–Kier alpha value is -2.37. The zero-order valence-corrected chi connectivity index (χ0v) is 17.6. The lowest BCUT2D eigenvalue weighted by atomic mass is 10.1. The number of aromatic nitrogens is 1. The highest BCUT2D eigenvalue weighted by atomic mass is 32.2. The molecule has 3 rings (SSSR count). The highest BCUT2D eigenvalue weighted by Crippen LogP contribution is 2.38. The van der Waals surface area contributed by atoms with Crippen LogP contribution in [0, 0.1) is 0 Å². The smallest absolute Gasteiger partial charge is 0.257 e. The molecule has 0 fully saturated rings. The average Bonchev–Trinajstić information content (AvgIpc) is 3.07. The maximum atomic E-state index is 12.7. The number of benzene rings is 1. The molecule has 0 bridgehead atoms. The van der Waals surface area contributed by atoms with E-state index in [9.17, 15) is 13.2 Å². The van der Waals surface area contributed by atoms with E-state index < -0.39 is 10.0 Å². The minimum atomic E-state index is -3.26. The molecule has 0 saturated carbocycles. The zero-order chi connectivity index (χ0) is 20.5. The van der Waals surface area contributed by atoms with E-state index in [4.69, 9.17) is 14.2 Å². The van der Waals surface area contributed by atoms with Gasteiger partial charge in [0, 0.05) is 30.0 Å². The van der Waals surface area contributed by atoms with Crippen molar-refractivity contribution >= 4 is 32.4 Å². The summed E-state index contributed by atoms with van der Waals surface area (Å²) in [6.07, 6.45) is 1.70. The third-order valence-corrected chi connectivity index (χ3v) is 6.56. The molecule has 1 aromatic carbocycles. The minimum absolute atomic E-state index is 0.270. The van der Waals surface area contributed by atoms with E-state index >= 15 is 0 Å². The Labute approximate surface area is 167 Å². The topological polar surface area (TPSA) is 107 Å². The fourth-order valence-electron chi connectivity index (χ4n) is 2.89. The van der Waals surface area contributed by atoms with Crippen LogP contribution in [0.25, 0.3) is 0 Å². The van der Waals surface area contributed by atoms with E-state index in [-0.39, 0.29) is 12.5 Å². The summed E-state index contributed by atoms with van der Waals surface area (Å²) in [5.41, 5.74) is 1.13. The number of nitrogens with one attached hydrogen (secondary N) is 1. The summed E-state index contributed by atoms with van der Waals surface area (Å²) in [5, 5.41) is 3.17. The average molecular weight is 428 g/mol. The number of carbonyl (C=O) groups is 1. The fraction of sp³-hybridized carbons (Fsp3) is 0.412. The van der Waals surface area contributed by atoms with Gasteiger partial charge in [-0.25, -0.2) is 13.4 Å². The molecule has 1 aliphatic heterocycles. The lowest BCUT2D eigenvalue weighted by molar-refractivity contribution is 0.102. The van der Waals surface area contributed by atoms with E-state index in [2.05, 4.69) is 10.3 Å². The van der Waals surface area contributed by atoms with Gasteiger partial charge in [0.2, 0.25) is 15.8 Å². The molecule has 2 aromatic rings. The van der Waals surface area contributed by atoms with Crippen LogP contribution in [0.2, 0.25) is 0 Å². The van der Waals surface area contributed by atoms with Crippen LogP contribution in [0.4, 0.5) is 5.13 Å². The molecule has 1 aliphatic rings. The molecule has 0 spiro atoms. The maximum absolute atomic E-state index is 12.7. The van der Waals surface area contributed by atoms with E-state index in [0.717, 1.165) is 10.6 Å². The standard InChI is InChI=1S/C17H21N3O6S2/c1-24-12-7-10(8-13(25-2)15(12)26-3)16(21)19-17-18-11-5-6-20(28(4,22)23)9-14(11)27-17/h7-8H,5-6,9H2,1-4H3,(H,18,19,21). The molecule has 1 aromatic heterocycles. The SMILES string of the molecule is COc1cc(C(=O)Nc2nc3c(s2)CN(S(C)(=O)=O)CC3)cc(OC)c1OC. The van der Waals surface area contributed by atoms with Crippen molar-refractivity contribution in [1.29, 1.82) is 0 Å². The van der Waals surface area contributed by atoms with Gasteiger partial charge in [-0.05, 0) is 12.1 Å². The number of rotatable bonds is 6. The van der Waals surface area contributed by atoms with Crippen LogP contribution >= 0.6 is 11.3 Å². The predicted molar refractivity (Wildman–Crippen MR) is 105 cm³/mol. The summed E-state index contributed by atoms with van der Waals surface area (Å²) in [6.45, 7) is 0.654. The summed E-state index contributed by atoms with van der Waals surface area (Å²) >= 11 is 1.27. The number of nitrogens with zero attached hydrogens (tertiary/aromatic N) is 2. The van der Waals surface area contributed by atoms with Gasteiger partial charge in [-0.1, -0.05) is 0 Å². The van der Waals surface area contributed by atoms with Gasteiger partial charge in [-0.15, -0.1) is 11.3 Å². The molecule has 1 N–H and O–H groups in total. The number of amides is 1. The summed E-state index contributed by atoms with van der Waals surface area (Å²) in [6, 6.07) is 3.10. The van der Waals surface area contributed by atoms with Crippen LogP contribution < -0.4 is 19.5 Å². The molecule has 0 aliphatic carbocycles. The van der Waals surface area contributed by atoms with Crippen LogP contribution in [-0.4, -0.2) is 57.7 Å². The highest BCUT2D eigenvalue weighted by Gasteiger charge is 2.27. The molecule has 0 unspecified atom stereocenters. The first-order valence-electron chi connectivity index (χ1n) is 8.32. The van der Waals surface area contributed by atoms with Crippen molar-refractivity contribution in [3.05, 3.63) is 28.3 Å². The first kappa shape index (κ1) is 20.4. The van der Waals surface area contributed by atoms with Gasteiger partial charge in [0.15, 0.2) is 16.6 Å². The summed E-state index contributed by atoms with van der Waals surface area (Å²) in [5.74, 6) is 0.751. The van der Waals surface area contributed by atoms with Crippen molar-refractivity contribution in [1.82, 2.24) is 9.29 Å². The second kappa shape index (κ2) is 7.94. The quantitative estimate of drug-likeness (QED) is 0.748. The third kappa shape index (κ3) is 4.05. The first-order valence-corrected chi connectivity index (χ1v) is 11.0. The van der Waals surface area contributed by atoms with Crippen molar-refractivity contribution in [2.45, 2.75) is 13.0 Å². The van der Waals surface area contributed by atoms with Crippen molar-refractivity contribution in [2.24, 2.45) is 0 Å². The van der Waals surface area contributed by atoms with Gasteiger partial charge in [-0.2, -0.15) is 4.31 Å². The van der Waals surface area contributed by atoms with Gasteiger partial charge in [0.1, 0.15) is 0 Å². The van der Waals surface area contributed by atoms with Crippen LogP contribution in [0.5, 0.6) is 17.2 Å². The summed E-state index contributed by atoms with van der Waals surface area (Å²) in [7, 11) is 1.17. The lowest BCUT2D eigenvalue weighted by Gasteiger charge is -2.23. The van der Waals surface area contributed by atoms with E-state index in [1.54, 1.807) is 12.1 Å². The Balaban J connectivity index is 1.82. The van der Waals surface area contributed by atoms with Gasteiger partial charge >= 0.3 is 0 Å². The van der Waals surface area contributed by atoms with Crippen molar-refractivity contribution in [3.8, 4) is 17.2 Å². The van der Waals surface area contributed by atoms with E-state index in [1.165, 1.54) is 43.2 Å². The maximum Gasteiger partial charge on any atom is 0.257 e. The number of hydrogen-bond donors (Lipinski definition) is 1. The number of ether oxygens (including phenoxy) is 3. The molecule has 0 atom stereocenters. The summed E-state index contributed by atoms with van der Waals surface area (Å²) < 4.78 is 40.7. The monoisotopic (exact) mass is 427 g/mol. The Bertz CT molecular complexity index is 977. The molecular weight excluding hydrogens is 406 g/mol. The third-order valence-electron chi connectivity index (χ3n) is 4.31. The number of anilines is 1. The van der Waals surface area contributed by atoms with Gasteiger partial charge < -0.3 is 14.2 Å². The minimum Gasteiger partial charge on any atom is -0.493 e. The molecule has 28 heavy (non-hydrogen) atoms. The highest BCUT2D eigenvalue weighted by molar-refractivity contribution is 7.88. The van der Waals surface area contributed by atoms with Crippen molar-refractivity contribution in [3.63, 3.8) is 0 Å². The number of carbonyl (C=O) groups excluding carboxylic acids is 1. The normalized spacial score (nSPS) is 14.3. The second-order valence-corrected chi connectivity index (χ2v) is 9.17. The number of fused-ring (bicyclic) bond motifs is 1. The fourth-order valence-corrected chi connectivity index (χ4v) is 4.78. The van der Waals surface area contributed by atoms with Crippen LogP contribution in [0.15, 0.2) is 12.1 Å². The van der Waals surface area contributed by atoms with E-state index in [0.29, 0.717) is 40.9 Å². The number of thiazole rings is 1. The van der Waals surface area contributed by atoms with Crippen LogP contribution in [0.3, 0.4) is 0 Å². The molecule has 2 heterocycles. The van der Waals surface area contributed by atoms with E-state index in [1.807, 2.05) is 0 Å². The molecular formula is C17H21N3O6S2. The second-order valence-electron chi connectivity index (χ2n) is 6.10. The Morgan fingerprint density at radius 3 is 2.36 bits per heavy atom. The Kier molecular flexibility index (Phi) is 5.77. The molecule has 0 saturated heterocycles. The number of sulfonamides is 1. The predicted octanol–water partition coefficient (Wildman–Crippen LogP) is 1.74. The Morgan fingerprint density at radius 1 is 1.18 bits per heavy atom. The largest absolute Gasteiger partial charge is 0.493 e. The Morgan fingerprint density at radius 2 is 1.82 bits per heavy atom. The first-order chi connectivity index (χ1) is 13.3. The molecule has 9 nitrogen and oxygen atoms in total. The summed E-state index contributed by atoms with van der Waals surface area (Å²) in [4.78, 5) is 17.9. The molecule has 1 amide bonds. The van der Waals surface area contributed by atoms with Gasteiger partial charge in [0.05, 0.1) is 33.3 Å². The lowest BCUT2D eigenvalue weighted by Crippen LogP contribution is -2.34. The van der Waals surface area contributed by atoms with Crippen LogP contribution in [0.1, 0.15) is 20.9 Å². The molecule has 152 valence electrons. The van der Waals surface area contributed by atoms with Crippen molar-refractivity contribution in [2.75, 3.05) is 39.4 Å². The van der Waals surface area contributed by atoms with Crippen molar-refractivity contribution < 1.29 is 27.4 Å². The van der Waals surface area contributed by atoms with Gasteiger partial charge in [0.25, 0.3) is 5.91 Å². The molecule has 0 radical (unpaired) electrons. The van der Waals surface area contributed by atoms with Gasteiger partial charge in [-0.3, -0.25) is 10.1 Å². The molecule has 11 heteroatoms. The number of hydrogen-bond acceptors (Lipinski definition) is 8. The number of methoxy groups -OCH3 is 3.